The van der Waals surface area contributed by atoms with Crippen LogP contribution in [0.15, 0.2) is 42.5 Å². The van der Waals surface area contributed by atoms with Crippen LogP contribution in [0.4, 0.5) is 11.4 Å². The molecule has 138 valence electrons. The van der Waals surface area contributed by atoms with Crippen molar-refractivity contribution < 1.29 is 14.5 Å². The summed E-state index contributed by atoms with van der Waals surface area (Å²) < 4.78 is 0. The van der Waals surface area contributed by atoms with Crippen molar-refractivity contribution in [1.29, 1.82) is 0 Å². The van der Waals surface area contributed by atoms with Crippen LogP contribution in [0.25, 0.3) is 0 Å². The molecule has 2 rings (SSSR count). The van der Waals surface area contributed by atoms with Crippen LogP contribution in [0.2, 0.25) is 10.0 Å². The molecule has 5 nitrogen and oxygen atoms in total. The Kier molecular flexibility index (Phi) is 7.45. The molecule has 0 spiro atoms. The maximum Gasteiger partial charge on any atom is 0.279 e. The molecule has 0 saturated heterocycles. The Hall–Kier alpha value is -2.08. The molecular formula is C19H22Cl2N3O2+. The molecule has 26 heavy (non-hydrogen) atoms. The number of aryl methyl sites for hydroxylation is 1. The summed E-state index contributed by atoms with van der Waals surface area (Å²) in [5, 5.41) is 6.45. The quantitative estimate of drug-likeness (QED) is 0.675. The number of carbonyl (C=O) groups is 2. The summed E-state index contributed by atoms with van der Waals surface area (Å²) in [6, 6.07) is 12.6. The van der Waals surface area contributed by atoms with Crippen LogP contribution < -0.4 is 15.5 Å². The van der Waals surface area contributed by atoms with E-state index in [0.717, 1.165) is 22.6 Å². The Morgan fingerprint density at radius 2 is 1.62 bits per heavy atom. The highest BCUT2D eigenvalue weighted by molar-refractivity contribution is 6.42. The van der Waals surface area contributed by atoms with Gasteiger partial charge in [0, 0.05) is 11.4 Å². The van der Waals surface area contributed by atoms with E-state index in [2.05, 4.69) is 10.6 Å². The minimum Gasteiger partial charge on any atom is -0.322 e. The normalized spacial score (nSPS) is 11.7. The molecule has 2 aromatic rings. The summed E-state index contributed by atoms with van der Waals surface area (Å²) >= 11 is 11.8. The van der Waals surface area contributed by atoms with Gasteiger partial charge in [-0.05, 0) is 36.2 Å². The average molecular weight is 395 g/mol. The fraction of sp³-hybridized carbons (Fsp3) is 0.263. The Morgan fingerprint density at radius 1 is 0.962 bits per heavy atom. The van der Waals surface area contributed by atoms with Gasteiger partial charge >= 0.3 is 0 Å². The zero-order valence-electron chi connectivity index (χ0n) is 14.7. The average Bonchev–Trinajstić information content (AvgIpc) is 2.58. The summed E-state index contributed by atoms with van der Waals surface area (Å²) in [4.78, 5) is 25.1. The summed E-state index contributed by atoms with van der Waals surface area (Å²) in [6.07, 6.45) is 0.838. The number of carbonyl (C=O) groups excluding carboxylic acids is 2. The van der Waals surface area contributed by atoms with Crippen LogP contribution in [0.1, 0.15) is 12.5 Å². The molecule has 0 radical (unpaired) electrons. The zero-order valence-corrected chi connectivity index (χ0v) is 16.2. The number of amides is 2. The molecule has 1 unspecified atom stereocenters. The van der Waals surface area contributed by atoms with Gasteiger partial charge < -0.3 is 15.5 Å². The molecule has 2 aromatic carbocycles. The fourth-order valence-electron chi connectivity index (χ4n) is 2.53. The van der Waals surface area contributed by atoms with Gasteiger partial charge in [-0.3, -0.25) is 9.59 Å². The molecule has 0 heterocycles. The van der Waals surface area contributed by atoms with Gasteiger partial charge in [-0.1, -0.05) is 48.3 Å². The van der Waals surface area contributed by atoms with Crippen molar-refractivity contribution in [2.24, 2.45) is 0 Å². The standard InChI is InChI=1S/C19H21Cl2N3O2/c1-3-13-6-4-5-7-17(13)23-19(26)12-24(2)11-18(25)22-14-8-9-15(20)16(21)10-14/h4-10H,3,11-12H2,1-2H3,(H,22,25)(H,23,26)/p+1. The molecule has 7 heteroatoms. The Morgan fingerprint density at radius 3 is 2.27 bits per heavy atom. The van der Waals surface area contributed by atoms with E-state index in [1.165, 1.54) is 0 Å². The number of anilines is 2. The van der Waals surface area contributed by atoms with Crippen molar-refractivity contribution in [3.63, 3.8) is 0 Å². The fourth-order valence-corrected chi connectivity index (χ4v) is 2.83. The first-order valence-electron chi connectivity index (χ1n) is 8.33. The van der Waals surface area contributed by atoms with E-state index in [1.807, 2.05) is 31.2 Å². The third-order valence-corrected chi connectivity index (χ3v) is 4.54. The predicted molar refractivity (Wildman–Crippen MR) is 106 cm³/mol. The van der Waals surface area contributed by atoms with Crippen LogP contribution in [-0.4, -0.2) is 32.0 Å². The van der Waals surface area contributed by atoms with Gasteiger partial charge in [-0.25, -0.2) is 0 Å². The van der Waals surface area contributed by atoms with Crippen LogP contribution >= 0.6 is 23.2 Å². The number of likely N-dealkylation sites (N-methyl/N-ethyl adjacent to an activating group) is 1. The number of hydrogen-bond donors (Lipinski definition) is 3. The number of quaternary nitrogens is 1. The molecule has 3 N–H and O–H groups in total. The van der Waals surface area contributed by atoms with Gasteiger partial charge in [0.2, 0.25) is 0 Å². The van der Waals surface area contributed by atoms with Crippen molar-refractivity contribution >= 4 is 46.4 Å². The molecule has 0 aromatic heterocycles. The van der Waals surface area contributed by atoms with Crippen molar-refractivity contribution in [2.75, 3.05) is 30.8 Å². The lowest BCUT2D eigenvalue weighted by Crippen LogP contribution is -3.11. The highest BCUT2D eigenvalue weighted by Gasteiger charge is 2.15. The largest absolute Gasteiger partial charge is 0.322 e. The molecular weight excluding hydrogens is 373 g/mol. The number of para-hydroxylation sites is 1. The second kappa shape index (κ2) is 9.57. The second-order valence-electron chi connectivity index (χ2n) is 6.05. The Labute approximate surface area is 163 Å². The molecule has 0 aliphatic heterocycles. The molecule has 2 amide bonds. The van der Waals surface area contributed by atoms with E-state index in [9.17, 15) is 9.59 Å². The van der Waals surface area contributed by atoms with Crippen molar-refractivity contribution in [3.05, 3.63) is 58.1 Å². The van der Waals surface area contributed by atoms with E-state index in [-0.39, 0.29) is 24.9 Å². The monoisotopic (exact) mass is 394 g/mol. The van der Waals surface area contributed by atoms with E-state index < -0.39 is 0 Å². The van der Waals surface area contributed by atoms with E-state index in [1.54, 1.807) is 25.2 Å². The lowest BCUT2D eigenvalue weighted by atomic mass is 10.1. The summed E-state index contributed by atoms with van der Waals surface area (Å²) in [7, 11) is 1.79. The predicted octanol–water partition coefficient (Wildman–Crippen LogP) is 2.65. The number of halogens is 2. The first-order valence-corrected chi connectivity index (χ1v) is 9.08. The van der Waals surface area contributed by atoms with E-state index >= 15 is 0 Å². The van der Waals surface area contributed by atoms with Crippen LogP contribution in [0.5, 0.6) is 0 Å². The minimum absolute atomic E-state index is 0.134. The topological polar surface area (TPSA) is 62.6 Å². The zero-order chi connectivity index (χ0) is 19.1. The third kappa shape index (κ3) is 6.02. The number of nitrogens with one attached hydrogen (secondary N) is 3. The summed E-state index contributed by atoms with van der Waals surface area (Å²) in [5.41, 5.74) is 2.46. The van der Waals surface area contributed by atoms with Gasteiger partial charge in [-0.2, -0.15) is 0 Å². The lowest BCUT2D eigenvalue weighted by molar-refractivity contribution is -0.862. The van der Waals surface area contributed by atoms with Gasteiger partial charge in [0.25, 0.3) is 11.8 Å². The molecule has 0 fully saturated rings. The second-order valence-corrected chi connectivity index (χ2v) is 6.86. The lowest BCUT2D eigenvalue weighted by Gasteiger charge is -2.15. The van der Waals surface area contributed by atoms with Crippen molar-refractivity contribution in [1.82, 2.24) is 0 Å². The molecule has 0 aliphatic carbocycles. The molecule has 1 atom stereocenters. The highest BCUT2D eigenvalue weighted by Crippen LogP contribution is 2.24. The highest BCUT2D eigenvalue weighted by atomic mass is 35.5. The number of rotatable bonds is 7. The Balaban J connectivity index is 1.85. The smallest absolute Gasteiger partial charge is 0.279 e. The molecule has 0 bridgehead atoms. The SMILES string of the molecule is CCc1ccccc1NC(=O)C[NH+](C)CC(=O)Nc1ccc(Cl)c(Cl)c1. The number of hydrogen-bond acceptors (Lipinski definition) is 2. The maximum atomic E-state index is 12.2. The third-order valence-electron chi connectivity index (χ3n) is 3.80. The van der Waals surface area contributed by atoms with Crippen LogP contribution in [0.3, 0.4) is 0 Å². The van der Waals surface area contributed by atoms with Gasteiger partial charge in [0.1, 0.15) is 0 Å². The summed E-state index contributed by atoms with van der Waals surface area (Å²) in [6.45, 7) is 2.38. The molecule has 0 aliphatic rings. The first kappa shape index (κ1) is 20.2. The first-order chi connectivity index (χ1) is 12.4. The minimum atomic E-state index is -0.206. The van der Waals surface area contributed by atoms with Gasteiger partial charge in [-0.15, -0.1) is 0 Å². The Bertz CT molecular complexity index is 796. The molecule has 0 saturated carbocycles. The van der Waals surface area contributed by atoms with Crippen molar-refractivity contribution in [2.45, 2.75) is 13.3 Å². The van der Waals surface area contributed by atoms with Crippen LogP contribution in [-0.2, 0) is 16.0 Å². The van der Waals surface area contributed by atoms with E-state index in [0.29, 0.717) is 15.7 Å². The summed E-state index contributed by atoms with van der Waals surface area (Å²) in [5.74, 6) is -0.339. The van der Waals surface area contributed by atoms with Gasteiger partial charge in [0.05, 0.1) is 17.1 Å². The maximum absolute atomic E-state index is 12.2. The van der Waals surface area contributed by atoms with Crippen LogP contribution in [0, 0.1) is 0 Å². The van der Waals surface area contributed by atoms with Gasteiger partial charge in [0.15, 0.2) is 13.1 Å². The van der Waals surface area contributed by atoms with E-state index in [4.69, 9.17) is 23.2 Å². The van der Waals surface area contributed by atoms with Crippen molar-refractivity contribution in [3.8, 4) is 0 Å². The number of benzene rings is 2.